The maximum Gasteiger partial charge on any atom is 0.393 e. The van der Waals surface area contributed by atoms with Crippen LogP contribution in [0.25, 0.3) is 11.0 Å². The number of aromatic nitrogens is 2. The molecular weight excluding hydrogens is 331 g/mol. The summed E-state index contributed by atoms with van der Waals surface area (Å²) in [5.74, 6) is -1.97. The van der Waals surface area contributed by atoms with Crippen LogP contribution in [-0.2, 0) is 0 Å². The molecule has 1 aliphatic carbocycles. The lowest BCUT2D eigenvalue weighted by atomic mass is 9.84. The van der Waals surface area contributed by atoms with Crippen LogP contribution in [-0.4, -0.2) is 28.1 Å². The average Bonchev–Trinajstić information content (AvgIpc) is 2.55. The molecule has 0 unspecified atom stereocenters. The first kappa shape index (κ1) is 17.6. The molecule has 134 valence electrons. The van der Waals surface area contributed by atoms with Crippen LogP contribution in [0.4, 0.5) is 13.2 Å². The van der Waals surface area contributed by atoms with Gasteiger partial charge in [-0.05, 0) is 44.9 Å². The summed E-state index contributed by atoms with van der Waals surface area (Å²) >= 11 is 0. The average molecular weight is 351 g/mol. The summed E-state index contributed by atoms with van der Waals surface area (Å²) in [6, 6.07) is 3.95. The highest BCUT2D eigenvalue weighted by molar-refractivity contribution is 5.97. The number of nitrogens with zero attached hydrogens (tertiary/aromatic N) is 2. The molecule has 1 saturated carbocycles. The number of benzene rings is 1. The second-order valence-electron chi connectivity index (χ2n) is 6.61. The molecule has 0 spiro atoms. The lowest BCUT2D eigenvalue weighted by Gasteiger charge is -2.33. The lowest BCUT2D eigenvalue weighted by molar-refractivity contribution is -0.187. The topological polar surface area (TPSA) is 54.9 Å². The van der Waals surface area contributed by atoms with Crippen LogP contribution in [0.1, 0.15) is 47.4 Å². The van der Waals surface area contributed by atoms with Gasteiger partial charge in [0.1, 0.15) is 0 Å². The van der Waals surface area contributed by atoms with E-state index in [0.717, 1.165) is 11.4 Å². The minimum Gasteiger partial charge on any atom is -0.349 e. The van der Waals surface area contributed by atoms with Gasteiger partial charge in [0.25, 0.3) is 5.91 Å². The molecule has 4 nitrogen and oxygen atoms in total. The van der Waals surface area contributed by atoms with Crippen molar-refractivity contribution in [3.05, 3.63) is 35.2 Å². The Morgan fingerprint density at radius 1 is 1.08 bits per heavy atom. The third kappa shape index (κ3) is 3.75. The van der Waals surface area contributed by atoms with Crippen molar-refractivity contribution in [1.82, 2.24) is 15.3 Å². The van der Waals surface area contributed by atoms with Crippen LogP contribution in [0.2, 0.25) is 0 Å². The Kier molecular flexibility index (Phi) is 4.67. The Morgan fingerprint density at radius 2 is 1.72 bits per heavy atom. The molecule has 0 bridgehead atoms. The van der Waals surface area contributed by atoms with E-state index in [9.17, 15) is 18.0 Å². The largest absolute Gasteiger partial charge is 0.393 e. The molecular formula is C18H20F3N3O. The minimum atomic E-state index is -4.29. The fraction of sp³-hybridized carbons (Fsp3) is 0.500. The molecule has 1 aliphatic rings. The number of carbonyl (C=O) groups is 1. The van der Waals surface area contributed by atoms with Gasteiger partial charge in [0.2, 0.25) is 0 Å². The molecule has 7 heteroatoms. The van der Waals surface area contributed by atoms with E-state index in [-0.39, 0.29) is 6.42 Å². The molecule has 0 saturated heterocycles. The number of carbonyl (C=O) groups excluding carboxylic acids is 1. The van der Waals surface area contributed by atoms with Gasteiger partial charge in [0.05, 0.1) is 28.3 Å². The maximum absolute atomic E-state index is 13.2. The summed E-state index contributed by atoms with van der Waals surface area (Å²) in [6.07, 6.45) is -2.64. The second-order valence-corrected chi connectivity index (χ2v) is 6.61. The zero-order chi connectivity index (χ0) is 18.2. The van der Waals surface area contributed by atoms with E-state index in [1.807, 2.05) is 13.8 Å². The van der Waals surface area contributed by atoms with E-state index in [1.54, 1.807) is 18.2 Å². The number of amides is 1. The Labute approximate surface area is 143 Å². The monoisotopic (exact) mass is 351 g/mol. The molecule has 1 amide bonds. The summed E-state index contributed by atoms with van der Waals surface area (Å²) in [6.45, 7) is 3.67. The minimum absolute atomic E-state index is 0.0656. The Hall–Kier alpha value is -2.18. The zero-order valence-corrected chi connectivity index (χ0v) is 14.2. The molecule has 1 aromatic heterocycles. The van der Waals surface area contributed by atoms with Crippen molar-refractivity contribution >= 4 is 16.9 Å². The first-order valence-corrected chi connectivity index (χ1v) is 8.38. The van der Waals surface area contributed by atoms with Crippen LogP contribution in [0, 0.1) is 19.8 Å². The number of aryl methyl sites for hydroxylation is 2. The zero-order valence-electron chi connectivity index (χ0n) is 14.2. The molecule has 1 aromatic carbocycles. The van der Waals surface area contributed by atoms with Crippen molar-refractivity contribution < 1.29 is 18.0 Å². The molecule has 1 heterocycles. The highest BCUT2D eigenvalue weighted by atomic mass is 19.4. The van der Waals surface area contributed by atoms with E-state index in [4.69, 9.17) is 0 Å². The van der Waals surface area contributed by atoms with Crippen LogP contribution < -0.4 is 5.32 Å². The standard InChI is InChI=1S/C18H20F3N3O/c1-10-11(2)23-16-9-12(7-8-15(16)22-10)17(25)24-14-6-4-3-5-13(14)18(19,20)21/h7-9,13-14H,3-6H2,1-2H3,(H,24,25)/t13-,14-/m0/s1. The number of hydrogen-bond donors (Lipinski definition) is 1. The summed E-state index contributed by atoms with van der Waals surface area (Å²) in [4.78, 5) is 21.2. The second kappa shape index (κ2) is 6.61. The molecule has 0 radical (unpaired) electrons. The number of hydrogen-bond acceptors (Lipinski definition) is 3. The quantitative estimate of drug-likeness (QED) is 0.886. The summed E-state index contributed by atoms with van der Waals surface area (Å²) in [5.41, 5.74) is 3.09. The van der Waals surface area contributed by atoms with Crippen molar-refractivity contribution in [1.29, 1.82) is 0 Å². The van der Waals surface area contributed by atoms with E-state index in [1.165, 1.54) is 0 Å². The van der Waals surface area contributed by atoms with Gasteiger partial charge in [-0.15, -0.1) is 0 Å². The van der Waals surface area contributed by atoms with Gasteiger partial charge in [-0.25, -0.2) is 9.97 Å². The molecule has 3 rings (SSSR count). The fourth-order valence-corrected chi connectivity index (χ4v) is 3.32. The maximum atomic E-state index is 13.2. The van der Waals surface area contributed by atoms with Gasteiger partial charge >= 0.3 is 6.18 Å². The number of fused-ring (bicyclic) bond motifs is 1. The summed E-state index contributed by atoms with van der Waals surface area (Å²) < 4.78 is 39.5. The third-order valence-electron chi connectivity index (χ3n) is 4.84. The number of halogens is 3. The fourth-order valence-electron chi connectivity index (χ4n) is 3.32. The number of alkyl halides is 3. The Bertz CT molecular complexity index is 804. The lowest BCUT2D eigenvalue weighted by Crippen LogP contribution is -2.47. The molecule has 25 heavy (non-hydrogen) atoms. The Balaban J connectivity index is 1.83. The van der Waals surface area contributed by atoms with E-state index in [2.05, 4.69) is 15.3 Å². The molecule has 2 aromatic rings. The predicted octanol–water partition coefficient (Wildman–Crippen LogP) is 4.10. The summed E-state index contributed by atoms with van der Waals surface area (Å²) in [5, 5.41) is 2.58. The van der Waals surface area contributed by atoms with E-state index < -0.39 is 24.0 Å². The SMILES string of the molecule is Cc1nc2ccc(C(=O)N[C@H]3CCCC[C@@H]3C(F)(F)F)cc2nc1C. The van der Waals surface area contributed by atoms with Crippen molar-refractivity contribution in [3.63, 3.8) is 0 Å². The molecule has 2 atom stereocenters. The first-order chi connectivity index (χ1) is 11.8. The normalized spacial score (nSPS) is 21.3. The van der Waals surface area contributed by atoms with Gasteiger partial charge in [-0.3, -0.25) is 4.79 Å². The van der Waals surface area contributed by atoms with Gasteiger partial charge in [0.15, 0.2) is 0 Å². The van der Waals surface area contributed by atoms with Gasteiger partial charge in [0, 0.05) is 11.6 Å². The van der Waals surface area contributed by atoms with Crippen LogP contribution >= 0.6 is 0 Å². The van der Waals surface area contributed by atoms with Gasteiger partial charge in [-0.2, -0.15) is 13.2 Å². The van der Waals surface area contributed by atoms with E-state index in [0.29, 0.717) is 35.9 Å². The van der Waals surface area contributed by atoms with Crippen LogP contribution in [0.15, 0.2) is 18.2 Å². The molecule has 1 N–H and O–H groups in total. The highest BCUT2D eigenvalue weighted by Gasteiger charge is 2.46. The van der Waals surface area contributed by atoms with Crippen LogP contribution in [0.3, 0.4) is 0 Å². The summed E-state index contributed by atoms with van der Waals surface area (Å²) in [7, 11) is 0. The number of nitrogens with one attached hydrogen (secondary N) is 1. The van der Waals surface area contributed by atoms with Gasteiger partial charge in [-0.1, -0.05) is 12.8 Å². The molecule has 0 aliphatic heterocycles. The van der Waals surface area contributed by atoms with Crippen molar-refractivity contribution in [2.24, 2.45) is 5.92 Å². The van der Waals surface area contributed by atoms with Gasteiger partial charge < -0.3 is 5.32 Å². The number of rotatable bonds is 2. The first-order valence-electron chi connectivity index (χ1n) is 8.38. The molecule has 1 fully saturated rings. The van der Waals surface area contributed by atoms with E-state index >= 15 is 0 Å². The van der Waals surface area contributed by atoms with Crippen molar-refractivity contribution in [2.45, 2.75) is 51.7 Å². The third-order valence-corrected chi connectivity index (χ3v) is 4.84. The smallest absolute Gasteiger partial charge is 0.349 e. The van der Waals surface area contributed by atoms with Crippen molar-refractivity contribution in [3.8, 4) is 0 Å². The predicted molar refractivity (Wildman–Crippen MR) is 88.3 cm³/mol. The van der Waals surface area contributed by atoms with Crippen LogP contribution in [0.5, 0.6) is 0 Å². The Morgan fingerprint density at radius 3 is 2.40 bits per heavy atom. The van der Waals surface area contributed by atoms with Crippen molar-refractivity contribution in [2.75, 3.05) is 0 Å². The highest BCUT2D eigenvalue weighted by Crippen LogP contribution is 2.37.